The fraction of sp³-hybridized carbons (Fsp3) is 0.235. The van der Waals surface area contributed by atoms with Gasteiger partial charge in [-0.2, -0.15) is 0 Å². The number of aryl methyl sites for hydroxylation is 1. The van der Waals surface area contributed by atoms with Crippen molar-refractivity contribution >= 4 is 21.8 Å². The zero-order valence-corrected chi connectivity index (χ0v) is 13.3. The quantitative estimate of drug-likeness (QED) is 0.878. The Balaban J connectivity index is 2.00. The molecule has 108 valence electrons. The van der Waals surface area contributed by atoms with Crippen molar-refractivity contribution in [1.82, 2.24) is 5.32 Å². The third kappa shape index (κ3) is 2.74. The fourth-order valence-electron chi connectivity index (χ4n) is 2.72. The van der Waals surface area contributed by atoms with Gasteiger partial charge in [0.25, 0.3) is 5.91 Å². The first kappa shape index (κ1) is 14.3. The Morgan fingerprint density at radius 2 is 2.05 bits per heavy atom. The molecule has 1 aliphatic heterocycles. The average molecular weight is 346 g/mol. The number of benzene rings is 2. The lowest BCUT2D eigenvalue weighted by Gasteiger charge is -2.20. The van der Waals surface area contributed by atoms with E-state index in [9.17, 15) is 9.90 Å². The lowest BCUT2D eigenvalue weighted by Crippen LogP contribution is -2.31. The molecule has 1 aliphatic rings. The van der Waals surface area contributed by atoms with E-state index in [0.717, 1.165) is 33.1 Å². The average Bonchev–Trinajstić information content (AvgIpc) is 2.47. The van der Waals surface area contributed by atoms with Crippen molar-refractivity contribution in [3.05, 3.63) is 68.7 Å². The number of carbonyl (C=O) groups excluding carboxylic acids is 1. The van der Waals surface area contributed by atoms with Crippen molar-refractivity contribution in [1.29, 1.82) is 0 Å². The van der Waals surface area contributed by atoms with Gasteiger partial charge < -0.3 is 10.4 Å². The first-order valence-electron chi connectivity index (χ1n) is 6.91. The minimum Gasteiger partial charge on any atom is -0.384 e. The number of carbonyl (C=O) groups is 1. The number of halogens is 1. The van der Waals surface area contributed by atoms with Gasteiger partial charge in [-0.25, -0.2) is 0 Å². The van der Waals surface area contributed by atoms with Crippen LogP contribution in [0.25, 0.3) is 0 Å². The number of fused-ring (bicyclic) bond motifs is 1. The second-order valence-electron chi connectivity index (χ2n) is 5.33. The Morgan fingerprint density at radius 1 is 1.24 bits per heavy atom. The number of amides is 1. The molecule has 2 aromatic carbocycles. The zero-order valence-electron chi connectivity index (χ0n) is 11.7. The monoisotopic (exact) mass is 345 g/mol. The van der Waals surface area contributed by atoms with Crippen LogP contribution in [0.3, 0.4) is 0 Å². The van der Waals surface area contributed by atoms with Crippen LogP contribution >= 0.6 is 15.9 Å². The molecule has 0 aliphatic carbocycles. The number of aliphatic hydroxyl groups excluding tert-OH is 1. The number of hydrogen-bond donors (Lipinski definition) is 2. The molecule has 1 amide bonds. The maximum atomic E-state index is 11.9. The van der Waals surface area contributed by atoms with Gasteiger partial charge in [-0.3, -0.25) is 4.79 Å². The Morgan fingerprint density at radius 3 is 2.81 bits per heavy atom. The van der Waals surface area contributed by atoms with Crippen LogP contribution in [0.4, 0.5) is 0 Å². The maximum Gasteiger partial charge on any atom is 0.251 e. The summed E-state index contributed by atoms with van der Waals surface area (Å²) in [6, 6.07) is 11.4. The summed E-state index contributed by atoms with van der Waals surface area (Å²) in [5.74, 6) is -0.0576. The summed E-state index contributed by atoms with van der Waals surface area (Å²) in [6.45, 7) is 2.65. The van der Waals surface area contributed by atoms with E-state index in [0.29, 0.717) is 12.1 Å². The lowest BCUT2D eigenvalue weighted by molar-refractivity contribution is 0.0945. The molecule has 3 nitrogen and oxygen atoms in total. The van der Waals surface area contributed by atoms with Gasteiger partial charge in [0.2, 0.25) is 0 Å². The first-order valence-corrected chi connectivity index (χ1v) is 7.70. The second kappa shape index (κ2) is 5.62. The molecule has 0 bridgehead atoms. The number of hydrogen-bond acceptors (Lipinski definition) is 2. The summed E-state index contributed by atoms with van der Waals surface area (Å²) in [4.78, 5) is 11.9. The third-order valence-electron chi connectivity index (χ3n) is 3.90. The molecule has 1 atom stereocenters. The normalized spacial score (nSPS) is 15.3. The molecule has 2 N–H and O–H groups in total. The summed E-state index contributed by atoms with van der Waals surface area (Å²) >= 11 is 3.42. The van der Waals surface area contributed by atoms with Gasteiger partial charge in [-0.15, -0.1) is 0 Å². The van der Waals surface area contributed by atoms with E-state index in [2.05, 4.69) is 21.2 Å². The second-order valence-corrected chi connectivity index (χ2v) is 6.24. The molecular weight excluding hydrogens is 330 g/mol. The Bertz CT molecular complexity index is 712. The predicted octanol–water partition coefficient (Wildman–Crippen LogP) is 3.13. The van der Waals surface area contributed by atoms with Crippen molar-refractivity contribution in [2.24, 2.45) is 0 Å². The summed E-state index contributed by atoms with van der Waals surface area (Å²) in [7, 11) is 0. The smallest absolute Gasteiger partial charge is 0.251 e. The number of rotatable bonds is 2. The summed E-state index contributed by atoms with van der Waals surface area (Å²) in [5, 5.41) is 13.4. The molecule has 4 heteroatoms. The molecule has 3 rings (SSSR count). The van der Waals surface area contributed by atoms with Gasteiger partial charge in [0.15, 0.2) is 0 Å². The predicted molar refractivity (Wildman–Crippen MR) is 85.4 cm³/mol. The number of aliphatic hydroxyl groups is 1. The molecular formula is C17H16BrNO2. The van der Waals surface area contributed by atoms with Crippen LogP contribution in [0.2, 0.25) is 0 Å². The van der Waals surface area contributed by atoms with E-state index in [1.165, 1.54) is 0 Å². The van der Waals surface area contributed by atoms with Gasteiger partial charge in [0.1, 0.15) is 6.10 Å². The Labute approximate surface area is 132 Å². The number of nitrogens with one attached hydrogen (secondary N) is 1. The fourth-order valence-corrected chi connectivity index (χ4v) is 3.20. The SMILES string of the molecule is Cc1cc(Br)ccc1C(O)c1ccc2c(c1)C(=O)NCC2. The molecule has 1 heterocycles. The van der Waals surface area contributed by atoms with Gasteiger partial charge in [-0.1, -0.05) is 34.1 Å². The van der Waals surface area contributed by atoms with Crippen molar-refractivity contribution < 1.29 is 9.90 Å². The topological polar surface area (TPSA) is 49.3 Å². The van der Waals surface area contributed by atoms with Gasteiger partial charge >= 0.3 is 0 Å². The van der Waals surface area contributed by atoms with Crippen molar-refractivity contribution in [2.75, 3.05) is 6.54 Å². The minimum atomic E-state index is -0.724. The van der Waals surface area contributed by atoms with Gasteiger partial charge in [0.05, 0.1) is 0 Å². The molecule has 2 aromatic rings. The minimum absolute atomic E-state index is 0.0576. The van der Waals surface area contributed by atoms with Crippen LogP contribution in [0, 0.1) is 6.92 Å². The van der Waals surface area contributed by atoms with Crippen LogP contribution < -0.4 is 5.32 Å². The van der Waals surface area contributed by atoms with E-state index in [4.69, 9.17) is 0 Å². The molecule has 0 aromatic heterocycles. The first-order chi connectivity index (χ1) is 10.1. The highest BCUT2D eigenvalue weighted by Crippen LogP contribution is 2.28. The van der Waals surface area contributed by atoms with Crippen LogP contribution in [0.1, 0.15) is 38.7 Å². The molecule has 0 saturated carbocycles. The van der Waals surface area contributed by atoms with Crippen LogP contribution in [0.15, 0.2) is 40.9 Å². The van der Waals surface area contributed by atoms with Crippen molar-refractivity contribution in [3.63, 3.8) is 0 Å². The van der Waals surface area contributed by atoms with Crippen LogP contribution in [0.5, 0.6) is 0 Å². The summed E-state index contributed by atoms with van der Waals surface area (Å²) in [6.07, 6.45) is 0.118. The van der Waals surface area contributed by atoms with Gasteiger partial charge in [-0.05, 0) is 53.8 Å². The molecule has 0 saturated heterocycles. The molecule has 1 unspecified atom stereocenters. The Kier molecular flexibility index (Phi) is 3.83. The van der Waals surface area contributed by atoms with E-state index in [1.54, 1.807) is 6.07 Å². The van der Waals surface area contributed by atoms with Crippen molar-refractivity contribution in [2.45, 2.75) is 19.4 Å². The van der Waals surface area contributed by atoms with Crippen LogP contribution in [-0.4, -0.2) is 17.6 Å². The Hall–Kier alpha value is -1.65. The van der Waals surface area contributed by atoms with Crippen molar-refractivity contribution in [3.8, 4) is 0 Å². The van der Waals surface area contributed by atoms with E-state index in [-0.39, 0.29) is 5.91 Å². The highest BCUT2D eigenvalue weighted by Gasteiger charge is 2.20. The highest BCUT2D eigenvalue weighted by atomic mass is 79.9. The molecule has 0 fully saturated rings. The van der Waals surface area contributed by atoms with Gasteiger partial charge in [0, 0.05) is 16.6 Å². The summed E-state index contributed by atoms with van der Waals surface area (Å²) in [5.41, 5.74) is 4.33. The zero-order chi connectivity index (χ0) is 15.0. The van der Waals surface area contributed by atoms with Crippen LogP contribution in [-0.2, 0) is 6.42 Å². The lowest BCUT2D eigenvalue weighted by atomic mass is 9.92. The standard InChI is InChI=1S/C17H16BrNO2/c1-10-8-13(18)4-5-14(10)16(20)12-3-2-11-6-7-19-17(21)15(11)9-12/h2-5,8-9,16,20H,6-7H2,1H3,(H,19,21). The maximum absolute atomic E-state index is 11.9. The largest absolute Gasteiger partial charge is 0.384 e. The molecule has 21 heavy (non-hydrogen) atoms. The molecule has 0 spiro atoms. The third-order valence-corrected chi connectivity index (χ3v) is 4.39. The van der Waals surface area contributed by atoms with E-state index in [1.807, 2.05) is 37.3 Å². The van der Waals surface area contributed by atoms with E-state index < -0.39 is 6.10 Å². The highest BCUT2D eigenvalue weighted by molar-refractivity contribution is 9.10. The molecule has 0 radical (unpaired) electrons. The van der Waals surface area contributed by atoms with E-state index >= 15 is 0 Å². The summed E-state index contributed by atoms with van der Waals surface area (Å²) < 4.78 is 0.987.